The molecule has 0 aliphatic heterocycles. The van der Waals surface area contributed by atoms with Crippen LogP contribution in [-0.2, 0) is 6.42 Å². The van der Waals surface area contributed by atoms with E-state index in [2.05, 4.69) is 24.9 Å². The summed E-state index contributed by atoms with van der Waals surface area (Å²) in [5.74, 6) is 1.91. The average molecular weight is 310 g/mol. The summed E-state index contributed by atoms with van der Waals surface area (Å²) in [6.45, 7) is 4.32. The van der Waals surface area contributed by atoms with Crippen molar-refractivity contribution in [3.05, 3.63) is 35.4 Å². The number of Topliss-reactive ketones (excluding diaryl/α,β-unsaturated/α-hetero) is 1. The van der Waals surface area contributed by atoms with Crippen LogP contribution >= 0.6 is 0 Å². The number of rotatable bonds is 4. The molecule has 122 valence electrons. The summed E-state index contributed by atoms with van der Waals surface area (Å²) in [4.78, 5) is 17.3. The number of fused-ring (bicyclic) bond motifs is 1. The lowest BCUT2D eigenvalue weighted by molar-refractivity contribution is 0.0871. The third kappa shape index (κ3) is 3.24. The molecule has 2 aromatic rings. The Bertz CT molecular complexity index is 715. The maximum atomic E-state index is 12.8. The maximum Gasteiger partial charge on any atom is 0.165 e. The number of aromatic nitrogens is 1. The van der Waals surface area contributed by atoms with E-state index in [0.717, 1.165) is 47.2 Å². The van der Waals surface area contributed by atoms with Gasteiger partial charge in [0.1, 0.15) is 5.82 Å². The summed E-state index contributed by atoms with van der Waals surface area (Å²) < 4.78 is 0. The number of benzene rings is 1. The molecule has 3 nitrogen and oxygen atoms in total. The lowest BCUT2D eigenvalue weighted by Gasteiger charge is -2.26. The van der Waals surface area contributed by atoms with Gasteiger partial charge in [-0.1, -0.05) is 20.3 Å². The fraction of sp³-hybridized carbons (Fsp3) is 0.500. The predicted molar refractivity (Wildman–Crippen MR) is 95.6 cm³/mol. The summed E-state index contributed by atoms with van der Waals surface area (Å²) in [6.07, 6.45) is 6.56. The number of anilines is 1. The Morgan fingerprint density at radius 2 is 1.91 bits per heavy atom. The highest BCUT2D eigenvalue weighted by molar-refractivity contribution is 6.01. The van der Waals surface area contributed by atoms with E-state index in [9.17, 15) is 4.79 Å². The first-order chi connectivity index (χ1) is 11.1. The van der Waals surface area contributed by atoms with Crippen LogP contribution in [-0.4, -0.2) is 10.8 Å². The van der Waals surface area contributed by atoms with Crippen molar-refractivity contribution in [3.63, 3.8) is 0 Å². The summed E-state index contributed by atoms with van der Waals surface area (Å²) in [7, 11) is 0. The molecule has 1 saturated carbocycles. The van der Waals surface area contributed by atoms with E-state index in [1.807, 2.05) is 18.2 Å². The molecule has 1 fully saturated rings. The van der Waals surface area contributed by atoms with E-state index in [1.165, 1.54) is 19.3 Å². The van der Waals surface area contributed by atoms with Crippen molar-refractivity contribution in [2.75, 3.05) is 5.73 Å². The first-order valence-electron chi connectivity index (χ1n) is 8.85. The van der Waals surface area contributed by atoms with Gasteiger partial charge in [0.2, 0.25) is 0 Å². The molecule has 3 rings (SSSR count). The zero-order valence-electron chi connectivity index (χ0n) is 14.1. The van der Waals surface area contributed by atoms with Gasteiger partial charge in [0.25, 0.3) is 0 Å². The molecular weight excluding hydrogens is 284 g/mol. The van der Waals surface area contributed by atoms with Crippen LogP contribution in [0, 0.1) is 11.8 Å². The van der Waals surface area contributed by atoms with E-state index in [0.29, 0.717) is 11.6 Å². The molecule has 23 heavy (non-hydrogen) atoms. The highest BCUT2D eigenvalue weighted by Gasteiger charge is 2.26. The van der Waals surface area contributed by atoms with Crippen molar-refractivity contribution >= 4 is 22.5 Å². The minimum absolute atomic E-state index is 0.197. The zero-order valence-corrected chi connectivity index (χ0v) is 14.1. The van der Waals surface area contributed by atoms with E-state index < -0.39 is 0 Å². The molecule has 1 aliphatic carbocycles. The smallest absolute Gasteiger partial charge is 0.165 e. The fourth-order valence-corrected chi connectivity index (χ4v) is 3.74. The second-order valence-electron chi connectivity index (χ2n) is 6.78. The lowest BCUT2D eigenvalue weighted by atomic mass is 9.77. The third-order valence-electron chi connectivity index (χ3n) is 5.39. The van der Waals surface area contributed by atoms with Gasteiger partial charge in [-0.3, -0.25) is 4.79 Å². The van der Waals surface area contributed by atoms with Crippen LogP contribution in [0.4, 0.5) is 5.82 Å². The van der Waals surface area contributed by atoms with Gasteiger partial charge >= 0.3 is 0 Å². The molecule has 1 heterocycles. The molecule has 1 aromatic carbocycles. The molecule has 1 aromatic heterocycles. The van der Waals surface area contributed by atoms with Crippen molar-refractivity contribution in [2.45, 2.75) is 52.4 Å². The van der Waals surface area contributed by atoms with Gasteiger partial charge in [0.15, 0.2) is 5.78 Å². The summed E-state index contributed by atoms with van der Waals surface area (Å²) >= 11 is 0. The van der Waals surface area contributed by atoms with Crippen molar-refractivity contribution in [2.24, 2.45) is 11.8 Å². The van der Waals surface area contributed by atoms with Crippen LogP contribution in [0.5, 0.6) is 0 Å². The Labute approximate surface area is 138 Å². The maximum absolute atomic E-state index is 12.8. The van der Waals surface area contributed by atoms with Crippen LogP contribution in [0.1, 0.15) is 61.9 Å². The van der Waals surface area contributed by atoms with Crippen molar-refractivity contribution in [3.8, 4) is 0 Å². The number of nitrogens with two attached hydrogens (primary N) is 1. The minimum Gasteiger partial charge on any atom is -0.383 e. The normalized spacial score (nSPS) is 21.5. The number of carbonyl (C=O) groups excluding carboxylic acids is 1. The number of nitrogen functional groups attached to an aromatic ring is 1. The van der Waals surface area contributed by atoms with Crippen LogP contribution in [0.15, 0.2) is 24.3 Å². The Morgan fingerprint density at radius 3 is 2.57 bits per heavy atom. The standard InChI is InChI=1S/C20H26N2O/c1-3-13-5-7-15(8-6-13)19(23)16-9-10-18-17(12-16)11-14(4-2)20(21)22-18/h9-13,15H,3-8H2,1-2H3,(H2,21,22). The van der Waals surface area contributed by atoms with Crippen molar-refractivity contribution in [1.82, 2.24) is 4.98 Å². The second-order valence-corrected chi connectivity index (χ2v) is 6.78. The van der Waals surface area contributed by atoms with Crippen molar-refractivity contribution in [1.29, 1.82) is 0 Å². The zero-order chi connectivity index (χ0) is 16.4. The quantitative estimate of drug-likeness (QED) is 0.827. The number of pyridine rings is 1. The summed E-state index contributed by atoms with van der Waals surface area (Å²) in [5, 5.41) is 1.02. The second kappa shape index (κ2) is 6.69. The molecule has 0 unspecified atom stereocenters. The van der Waals surface area contributed by atoms with Crippen LogP contribution in [0.25, 0.3) is 10.9 Å². The Hall–Kier alpha value is -1.90. The van der Waals surface area contributed by atoms with Crippen LogP contribution < -0.4 is 5.73 Å². The highest BCUT2D eigenvalue weighted by Crippen LogP contribution is 2.33. The van der Waals surface area contributed by atoms with Crippen LogP contribution in [0.3, 0.4) is 0 Å². The monoisotopic (exact) mass is 310 g/mol. The number of hydrogen-bond donors (Lipinski definition) is 1. The average Bonchev–Trinajstić information content (AvgIpc) is 2.60. The molecule has 0 spiro atoms. The predicted octanol–water partition coefficient (Wildman–Crippen LogP) is 4.78. The number of ketones is 1. The highest BCUT2D eigenvalue weighted by atomic mass is 16.1. The van der Waals surface area contributed by atoms with Gasteiger partial charge in [0.05, 0.1) is 5.52 Å². The Balaban J connectivity index is 1.85. The summed E-state index contributed by atoms with van der Waals surface area (Å²) in [6, 6.07) is 7.91. The molecule has 0 radical (unpaired) electrons. The van der Waals surface area contributed by atoms with E-state index in [-0.39, 0.29) is 5.92 Å². The number of carbonyl (C=O) groups is 1. The molecule has 0 saturated heterocycles. The van der Waals surface area contributed by atoms with Gasteiger partial charge in [-0.15, -0.1) is 0 Å². The van der Waals surface area contributed by atoms with Gasteiger partial charge < -0.3 is 5.73 Å². The van der Waals surface area contributed by atoms with E-state index in [4.69, 9.17) is 5.73 Å². The summed E-state index contributed by atoms with van der Waals surface area (Å²) in [5.41, 5.74) is 8.70. The Morgan fingerprint density at radius 1 is 1.17 bits per heavy atom. The molecule has 0 bridgehead atoms. The molecule has 2 N–H and O–H groups in total. The van der Waals surface area contributed by atoms with Gasteiger partial charge in [0, 0.05) is 16.9 Å². The SMILES string of the molecule is CCc1cc2cc(C(=O)C3CCC(CC)CC3)ccc2nc1N. The van der Waals surface area contributed by atoms with Gasteiger partial charge in [-0.25, -0.2) is 4.98 Å². The largest absolute Gasteiger partial charge is 0.383 e. The lowest BCUT2D eigenvalue weighted by Crippen LogP contribution is -2.21. The first kappa shape index (κ1) is 16.0. The first-order valence-corrected chi connectivity index (χ1v) is 8.85. The number of aryl methyl sites for hydroxylation is 1. The molecule has 0 atom stereocenters. The molecule has 3 heteroatoms. The topological polar surface area (TPSA) is 56.0 Å². The van der Waals surface area contributed by atoms with Crippen LogP contribution in [0.2, 0.25) is 0 Å². The molecule has 1 aliphatic rings. The van der Waals surface area contributed by atoms with Crippen molar-refractivity contribution < 1.29 is 4.79 Å². The third-order valence-corrected chi connectivity index (χ3v) is 5.39. The van der Waals surface area contributed by atoms with Gasteiger partial charge in [-0.2, -0.15) is 0 Å². The van der Waals surface area contributed by atoms with E-state index in [1.54, 1.807) is 0 Å². The van der Waals surface area contributed by atoms with Gasteiger partial charge in [-0.05, 0) is 67.9 Å². The minimum atomic E-state index is 0.197. The molecule has 0 amide bonds. The number of hydrogen-bond acceptors (Lipinski definition) is 3. The molecular formula is C20H26N2O. The fourth-order valence-electron chi connectivity index (χ4n) is 3.74. The van der Waals surface area contributed by atoms with E-state index >= 15 is 0 Å². The number of nitrogens with zero attached hydrogens (tertiary/aromatic N) is 1. The Kier molecular flexibility index (Phi) is 4.65.